The first-order chi connectivity index (χ1) is 11.5. The number of nitriles is 2. The predicted molar refractivity (Wildman–Crippen MR) is 93.7 cm³/mol. The van der Waals surface area contributed by atoms with E-state index >= 15 is 0 Å². The minimum Gasteiger partial charge on any atom is -0.479 e. The summed E-state index contributed by atoms with van der Waals surface area (Å²) >= 11 is 0. The lowest BCUT2D eigenvalue weighted by Gasteiger charge is -2.04. The molecule has 0 bridgehead atoms. The van der Waals surface area contributed by atoms with E-state index in [4.69, 9.17) is 25.7 Å². The molecule has 2 aromatic rings. The normalized spacial score (nSPS) is 9.04. The summed E-state index contributed by atoms with van der Waals surface area (Å²) in [5.74, 6) is 1.40. The van der Waals surface area contributed by atoms with Crippen molar-refractivity contribution in [3.05, 3.63) is 53.1 Å². The first kappa shape index (κ1) is 18.9. The second-order valence-electron chi connectivity index (χ2n) is 5.16. The van der Waals surface area contributed by atoms with Crippen molar-refractivity contribution in [2.45, 2.75) is 20.8 Å². The van der Waals surface area contributed by atoms with Gasteiger partial charge in [-0.25, -0.2) is 0 Å². The molecule has 2 N–H and O–H groups in total. The van der Waals surface area contributed by atoms with Crippen molar-refractivity contribution in [2.75, 3.05) is 18.9 Å². The first-order valence-corrected chi connectivity index (χ1v) is 7.40. The van der Waals surface area contributed by atoms with E-state index < -0.39 is 0 Å². The summed E-state index contributed by atoms with van der Waals surface area (Å²) < 4.78 is 10.2. The molecule has 0 amide bonds. The van der Waals surface area contributed by atoms with Gasteiger partial charge in [-0.1, -0.05) is 12.1 Å². The zero-order valence-electron chi connectivity index (χ0n) is 14.2. The van der Waals surface area contributed by atoms with Crippen molar-refractivity contribution >= 4 is 5.69 Å². The number of hydrogen-bond acceptors (Lipinski definition) is 5. The standard InChI is InChI=1S/C10H11NO.C9H10N2O/c1-8-3-4-10(7-9(8)2)12-6-5-11;1-7-2-3-8(6-9(7)11)12-5-4-10/h3-4,7H,6H2,1-2H3;2-3,6H,5,11H2,1H3. The Morgan fingerprint density at radius 3 is 1.75 bits per heavy atom. The van der Waals surface area contributed by atoms with Gasteiger partial charge < -0.3 is 15.2 Å². The molecule has 0 aliphatic heterocycles. The quantitative estimate of drug-likeness (QED) is 0.866. The summed E-state index contributed by atoms with van der Waals surface area (Å²) in [5.41, 5.74) is 9.75. The van der Waals surface area contributed by atoms with Gasteiger partial charge in [-0.3, -0.25) is 0 Å². The third-order valence-electron chi connectivity index (χ3n) is 3.34. The van der Waals surface area contributed by atoms with Crippen LogP contribution in [0.15, 0.2) is 36.4 Å². The molecule has 2 rings (SSSR count). The molecule has 2 aromatic carbocycles. The SMILES string of the molecule is Cc1ccc(OCC#N)cc1C.Cc1ccc(OCC#N)cc1N. The molecular formula is C19H21N3O2. The molecule has 0 saturated heterocycles. The van der Waals surface area contributed by atoms with E-state index in [0.29, 0.717) is 11.4 Å². The van der Waals surface area contributed by atoms with Gasteiger partial charge in [0.2, 0.25) is 0 Å². The van der Waals surface area contributed by atoms with Gasteiger partial charge in [-0.2, -0.15) is 10.5 Å². The molecule has 0 fully saturated rings. The Hall–Kier alpha value is -3.18. The third kappa shape index (κ3) is 6.29. The van der Waals surface area contributed by atoms with Crippen LogP contribution in [0.1, 0.15) is 16.7 Å². The van der Waals surface area contributed by atoms with Crippen molar-refractivity contribution in [1.82, 2.24) is 0 Å². The highest BCUT2D eigenvalue weighted by molar-refractivity contribution is 5.50. The van der Waals surface area contributed by atoms with Crippen molar-refractivity contribution in [2.24, 2.45) is 0 Å². The fourth-order valence-corrected chi connectivity index (χ4v) is 1.74. The number of nitrogens with two attached hydrogens (primary N) is 1. The van der Waals surface area contributed by atoms with Gasteiger partial charge in [0.1, 0.15) is 23.6 Å². The zero-order chi connectivity index (χ0) is 17.9. The summed E-state index contributed by atoms with van der Waals surface area (Å²) in [4.78, 5) is 0. The molecule has 0 aliphatic carbocycles. The van der Waals surface area contributed by atoms with Crippen molar-refractivity contribution < 1.29 is 9.47 Å². The van der Waals surface area contributed by atoms with Crippen LogP contribution in [0.25, 0.3) is 0 Å². The minimum absolute atomic E-state index is 0.0580. The summed E-state index contributed by atoms with van der Waals surface area (Å²) in [6, 6.07) is 15.0. The molecule has 0 aromatic heterocycles. The fourth-order valence-electron chi connectivity index (χ4n) is 1.74. The average molecular weight is 323 g/mol. The van der Waals surface area contributed by atoms with Crippen molar-refractivity contribution in [3.8, 4) is 23.6 Å². The number of aryl methyl sites for hydroxylation is 3. The van der Waals surface area contributed by atoms with Gasteiger partial charge in [-0.15, -0.1) is 0 Å². The maximum atomic E-state index is 8.28. The number of benzene rings is 2. The topological polar surface area (TPSA) is 92.1 Å². The van der Waals surface area contributed by atoms with Crippen LogP contribution in [0, 0.1) is 43.4 Å². The van der Waals surface area contributed by atoms with Crippen molar-refractivity contribution in [3.63, 3.8) is 0 Å². The van der Waals surface area contributed by atoms with Crippen molar-refractivity contribution in [1.29, 1.82) is 10.5 Å². The molecule has 5 nitrogen and oxygen atoms in total. The van der Waals surface area contributed by atoms with E-state index in [2.05, 4.69) is 0 Å². The van der Waals surface area contributed by atoms with Gasteiger partial charge in [-0.05, 0) is 55.7 Å². The van der Waals surface area contributed by atoms with Gasteiger partial charge in [0, 0.05) is 11.8 Å². The minimum atomic E-state index is 0.0580. The molecule has 124 valence electrons. The lowest BCUT2D eigenvalue weighted by Crippen LogP contribution is -1.95. The van der Waals surface area contributed by atoms with Crippen LogP contribution in [-0.4, -0.2) is 13.2 Å². The first-order valence-electron chi connectivity index (χ1n) is 7.40. The van der Waals surface area contributed by atoms with Gasteiger partial charge in [0.25, 0.3) is 0 Å². The third-order valence-corrected chi connectivity index (χ3v) is 3.34. The van der Waals surface area contributed by atoms with Gasteiger partial charge >= 0.3 is 0 Å². The number of anilines is 1. The monoisotopic (exact) mass is 323 g/mol. The largest absolute Gasteiger partial charge is 0.479 e. The molecule has 0 saturated carbocycles. The molecule has 0 spiro atoms. The highest BCUT2D eigenvalue weighted by Gasteiger charge is 1.96. The van der Waals surface area contributed by atoms with E-state index in [9.17, 15) is 0 Å². The summed E-state index contributed by atoms with van der Waals surface area (Å²) in [5, 5.41) is 16.5. The number of nitrogen functional groups attached to an aromatic ring is 1. The van der Waals surface area contributed by atoms with E-state index in [-0.39, 0.29) is 13.2 Å². The second kappa shape index (κ2) is 9.76. The van der Waals surface area contributed by atoms with E-state index in [1.165, 1.54) is 11.1 Å². The van der Waals surface area contributed by atoms with Crippen LogP contribution >= 0.6 is 0 Å². The Morgan fingerprint density at radius 2 is 1.29 bits per heavy atom. The average Bonchev–Trinajstić information content (AvgIpc) is 2.57. The lowest BCUT2D eigenvalue weighted by atomic mass is 10.1. The summed E-state index contributed by atoms with van der Waals surface area (Å²) in [6.07, 6.45) is 0. The molecule has 0 unspecified atom stereocenters. The molecule has 0 atom stereocenters. The van der Waals surface area contributed by atoms with Gasteiger partial charge in [0.15, 0.2) is 13.2 Å². The Balaban J connectivity index is 0.000000240. The highest BCUT2D eigenvalue weighted by atomic mass is 16.5. The van der Waals surface area contributed by atoms with Crippen LogP contribution < -0.4 is 15.2 Å². The number of rotatable bonds is 4. The molecular weight excluding hydrogens is 302 g/mol. The maximum absolute atomic E-state index is 8.28. The Labute approximate surface area is 142 Å². The molecule has 24 heavy (non-hydrogen) atoms. The molecule has 0 heterocycles. The molecule has 0 aliphatic rings. The van der Waals surface area contributed by atoms with Gasteiger partial charge in [0.05, 0.1) is 0 Å². The fraction of sp³-hybridized carbons (Fsp3) is 0.263. The Kier molecular flexibility index (Phi) is 7.67. The Morgan fingerprint density at radius 1 is 0.792 bits per heavy atom. The van der Waals surface area contributed by atoms with E-state index in [1.54, 1.807) is 12.1 Å². The lowest BCUT2D eigenvalue weighted by molar-refractivity contribution is 0.368. The highest BCUT2D eigenvalue weighted by Crippen LogP contribution is 2.18. The Bertz CT molecular complexity index is 693. The second-order valence-corrected chi connectivity index (χ2v) is 5.16. The number of nitrogens with zero attached hydrogens (tertiary/aromatic N) is 2. The summed E-state index contributed by atoms with van der Waals surface area (Å²) in [7, 11) is 0. The summed E-state index contributed by atoms with van der Waals surface area (Å²) in [6.45, 7) is 6.16. The maximum Gasteiger partial charge on any atom is 0.174 e. The molecule has 0 radical (unpaired) electrons. The van der Waals surface area contributed by atoms with Crippen LogP contribution in [0.4, 0.5) is 5.69 Å². The van der Waals surface area contributed by atoms with Crippen LogP contribution in [0.2, 0.25) is 0 Å². The van der Waals surface area contributed by atoms with E-state index in [1.807, 2.05) is 57.2 Å². The van der Waals surface area contributed by atoms with E-state index in [0.717, 1.165) is 11.3 Å². The number of hydrogen-bond donors (Lipinski definition) is 1. The smallest absolute Gasteiger partial charge is 0.174 e. The van der Waals surface area contributed by atoms with Crippen LogP contribution in [0.5, 0.6) is 11.5 Å². The zero-order valence-corrected chi connectivity index (χ0v) is 14.2. The number of ether oxygens (including phenoxy) is 2. The predicted octanol–water partition coefficient (Wildman–Crippen LogP) is 3.69. The molecule has 5 heteroatoms. The van der Waals surface area contributed by atoms with Crippen LogP contribution in [-0.2, 0) is 0 Å². The van der Waals surface area contributed by atoms with Crippen LogP contribution in [0.3, 0.4) is 0 Å².